The van der Waals surface area contributed by atoms with Crippen LogP contribution in [0.1, 0.15) is 56.2 Å². The molecule has 0 saturated heterocycles. The lowest BCUT2D eigenvalue weighted by Crippen LogP contribution is -2.24. The number of hydrogen-bond acceptors (Lipinski definition) is 0. The summed E-state index contributed by atoms with van der Waals surface area (Å²) in [6, 6.07) is 66.3. The van der Waals surface area contributed by atoms with E-state index in [1.165, 1.54) is 105 Å². The molecule has 0 bridgehead atoms. The Morgan fingerprint density at radius 3 is 1.82 bits per heavy atom. The third-order valence-corrected chi connectivity index (χ3v) is 13.7. The molecule has 0 amide bonds. The Hall–Kier alpha value is -6.76. The van der Waals surface area contributed by atoms with Gasteiger partial charge in [-0.1, -0.05) is 210 Å². The Balaban J connectivity index is 1.11. The van der Waals surface area contributed by atoms with Crippen molar-refractivity contribution in [2.45, 2.75) is 44.9 Å². The minimum atomic E-state index is 0.0233. The van der Waals surface area contributed by atoms with Gasteiger partial charge in [-0.3, -0.25) is 0 Å². The van der Waals surface area contributed by atoms with E-state index >= 15 is 0 Å². The minimum absolute atomic E-state index is 0.0233. The molecule has 0 saturated carbocycles. The van der Waals surface area contributed by atoms with Crippen LogP contribution in [-0.2, 0) is 5.41 Å². The van der Waals surface area contributed by atoms with E-state index in [1.54, 1.807) is 0 Å². The summed E-state index contributed by atoms with van der Waals surface area (Å²) >= 11 is 0. The van der Waals surface area contributed by atoms with Gasteiger partial charge in [0.25, 0.3) is 0 Å². The summed E-state index contributed by atoms with van der Waals surface area (Å²) in [6.07, 6.45) is 9.29. The highest BCUT2D eigenvalue weighted by Crippen LogP contribution is 2.54. The topological polar surface area (TPSA) is 0 Å². The van der Waals surface area contributed by atoms with Crippen molar-refractivity contribution in [3.63, 3.8) is 0 Å². The van der Waals surface area contributed by atoms with Crippen molar-refractivity contribution in [3.8, 4) is 55.6 Å². The van der Waals surface area contributed by atoms with Crippen LogP contribution in [0.15, 0.2) is 200 Å². The third kappa shape index (κ3) is 5.89. The Morgan fingerprint density at radius 2 is 1.00 bits per heavy atom. The van der Waals surface area contributed by atoms with Crippen LogP contribution in [0.25, 0.3) is 88.0 Å². The van der Waals surface area contributed by atoms with E-state index in [0.29, 0.717) is 17.8 Å². The average molecular weight is 769 g/mol. The number of allylic oxidation sites excluding steroid dienone is 4. The largest absolute Gasteiger partial charge is 0.0796 e. The van der Waals surface area contributed by atoms with Crippen LogP contribution in [-0.4, -0.2) is 0 Å². The van der Waals surface area contributed by atoms with Gasteiger partial charge >= 0.3 is 0 Å². The first-order chi connectivity index (χ1) is 29.3. The molecule has 0 heterocycles. The Bertz CT molecular complexity index is 3200. The van der Waals surface area contributed by atoms with Crippen molar-refractivity contribution >= 4 is 32.3 Å². The number of benzene rings is 9. The molecule has 11 rings (SSSR count). The predicted octanol–water partition coefficient (Wildman–Crippen LogP) is 16.7. The van der Waals surface area contributed by atoms with Gasteiger partial charge in [0, 0.05) is 5.92 Å². The molecule has 0 aromatic heterocycles. The second-order valence-corrected chi connectivity index (χ2v) is 17.9. The summed E-state index contributed by atoms with van der Waals surface area (Å²) in [5.74, 6) is 1.34. The SMILES string of the molecule is CC(C)c1ccccc1-c1ccc(-c2cccc(-c3c4ccccc4c(-c4ccc5c(c4)C(C)(C)C4C=CC=CC54)c4cc(-c5ccc6ccccc6c5)ccc34)c2)cc1. The molecule has 0 heteroatoms. The third-order valence-electron chi connectivity index (χ3n) is 13.7. The maximum Gasteiger partial charge on any atom is 0.00953 e. The van der Waals surface area contributed by atoms with Crippen LogP contribution in [0.5, 0.6) is 0 Å². The summed E-state index contributed by atoms with van der Waals surface area (Å²) in [5.41, 5.74) is 16.9. The quantitative estimate of drug-likeness (QED) is 0.148. The monoisotopic (exact) mass is 768 g/mol. The fraction of sp³-hybridized carbons (Fsp3) is 0.133. The lowest BCUT2D eigenvalue weighted by molar-refractivity contribution is 0.394. The molecule has 0 spiro atoms. The molecule has 2 atom stereocenters. The summed E-state index contributed by atoms with van der Waals surface area (Å²) in [7, 11) is 0. The van der Waals surface area contributed by atoms with Crippen LogP contribution >= 0.6 is 0 Å². The molecule has 9 aromatic carbocycles. The maximum absolute atomic E-state index is 2.53. The van der Waals surface area contributed by atoms with E-state index in [0.717, 1.165) is 0 Å². The zero-order chi connectivity index (χ0) is 40.5. The fourth-order valence-electron chi connectivity index (χ4n) is 10.6. The van der Waals surface area contributed by atoms with E-state index < -0.39 is 0 Å². The zero-order valence-corrected chi connectivity index (χ0v) is 34.8. The van der Waals surface area contributed by atoms with Gasteiger partial charge in [-0.05, 0) is 140 Å². The smallest absolute Gasteiger partial charge is 0.00953 e. The van der Waals surface area contributed by atoms with Gasteiger partial charge in [0.2, 0.25) is 0 Å². The summed E-state index contributed by atoms with van der Waals surface area (Å²) in [6.45, 7) is 9.42. The second-order valence-electron chi connectivity index (χ2n) is 17.9. The van der Waals surface area contributed by atoms with Crippen LogP contribution in [0.2, 0.25) is 0 Å². The van der Waals surface area contributed by atoms with Gasteiger partial charge in [-0.2, -0.15) is 0 Å². The zero-order valence-electron chi connectivity index (χ0n) is 34.8. The van der Waals surface area contributed by atoms with Crippen LogP contribution in [0, 0.1) is 5.92 Å². The summed E-state index contributed by atoms with van der Waals surface area (Å²) in [4.78, 5) is 0. The average Bonchev–Trinajstić information content (AvgIpc) is 3.53. The molecular formula is C60H48. The van der Waals surface area contributed by atoms with Crippen molar-refractivity contribution in [1.29, 1.82) is 0 Å². The molecule has 0 radical (unpaired) electrons. The Kier molecular flexibility index (Phi) is 8.61. The van der Waals surface area contributed by atoms with Gasteiger partial charge in [0.1, 0.15) is 0 Å². The number of fused-ring (bicyclic) bond motifs is 6. The molecule has 2 aliphatic carbocycles. The van der Waals surface area contributed by atoms with Crippen LogP contribution in [0.3, 0.4) is 0 Å². The first-order valence-electron chi connectivity index (χ1n) is 21.6. The molecule has 0 fully saturated rings. The van der Waals surface area contributed by atoms with Crippen LogP contribution in [0.4, 0.5) is 0 Å². The first-order valence-corrected chi connectivity index (χ1v) is 21.6. The fourth-order valence-corrected chi connectivity index (χ4v) is 10.6. The van der Waals surface area contributed by atoms with E-state index in [9.17, 15) is 0 Å². The standard InChI is InChI=1S/C60H48/c1-38(2)48-18-7-8-19-49(48)41-27-24-40(25-28-41)43-16-13-17-46(35-43)58-52-21-9-10-22-53(52)59(47-31-32-51-50-20-11-12-23-56(50)60(3,4)57(51)37-47)55-36-45(30-33-54(55)58)44-29-26-39-14-5-6-15-42(39)34-44/h5-38,50,56H,1-4H3. The van der Waals surface area contributed by atoms with Gasteiger partial charge in [-0.15, -0.1) is 0 Å². The normalized spacial score (nSPS) is 16.5. The highest BCUT2D eigenvalue weighted by molar-refractivity contribution is 6.22. The summed E-state index contributed by atoms with van der Waals surface area (Å²) < 4.78 is 0. The van der Waals surface area contributed by atoms with E-state index in [-0.39, 0.29) is 5.41 Å². The molecule has 288 valence electrons. The Morgan fingerprint density at radius 1 is 0.417 bits per heavy atom. The van der Waals surface area contributed by atoms with Gasteiger partial charge in [-0.25, -0.2) is 0 Å². The lowest BCUT2D eigenvalue weighted by Gasteiger charge is -2.29. The Labute approximate surface area is 354 Å². The molecule has 0 nitrogen and oxygen atoms in total. The van der Waals surface area contributed by atoms with Crippen molar-refractivity contribution in [2.24, 2.45) is 5.92 Å². The van der Waals surface area contributed by atoms with Crippen molar-refractivity contribution in [3.05, 3.63) is 217 Å². The predicted molar refractivity (Wildman–Crippen MR) is 258 cm³/mol. The molecular weight excluding hydrogens is 721 g/mol. The molecule has 0 N–H and O–H groups in total. The molecule has 2 unspecified atom stereocenters. The van der Waals surface area contributed by atoms with E-state index in [4.69, 9.17) is 0 Å². The molecule has 0 aliphatic heterocycles. The van der Waals surface area contributed by atoms with Gasteiger partial charge < -0.3 is 0 Å². The van der Waals surface area contributed by atoms with Gasteiger partial charge in [0.05, 0.1) is 0 Å². The van der Waals surface area contributed by atoms with E-state index in [1.807, 2.05) is 0 Å². The van der Waals surface area contributed by atoms with Crippen molar-refractivity contribution < 1.29 is 0 Å². The maximum atomic E-state index is 2.53. The highest BCUT2D eigenvalue weighted by atomic mass is 14.5. The van der Waals surface area contributed by atoms with Crippen LogP contribution < -0.4 is 0 Å². The highest BCUT2D eigenvalue weighted by Gasteiger charge is 2.44. The molecule has 2 aliphatic rings. The first kappa shape index (κ1) is 36.3. The molecule has 9 aromatic rings. The number of hydrogen-bond donors (Lipinski definition) is 0. The second kappa shape index (κ2) is 14.2. The molecule has 60 heavy (non-hydrogen) atoms. The van der Waals surface area contributed by atoms with Gasteiger partial charge in [0.15, 0.2) is 0 Å². The minimum Gasteiger partial charge on any atom is -0.0796 e. The number of rotatable bonds is 6. The van der Waals surface area contributed by atoms with E-state index in [2.05, 4.69) is 228 Å². The van der Waals surface area contributed by atoms with Crippen molar-refractivity contribution in [2.75, 3.05) is 0 Å². The summed E-state index contributed by atoms with van der Waals surface area (Å²) in [5, 5.41) is 7.62. The lowest BCUT2D eigenvalue weighted by atomic mass is 9.74. The van der Waals surface area contributed by atoms with Crippen molar-refractivity contribution in [1.82, 2.24) is 0 Å².